The Morgan fingerprint density at radius 1 is 1.16 bits per heavy atom. The molecular formula is C19H29ClN2O3. The van der Waals surface area contributed by atoms with Crippen LogP contribution in [0, 0.1) is 11.8 Å². The van der Waals surface area contributed by atoms with E-state index in [4.69, 9.17) is 9.47 Å². The third kappa shape index (κ3) is 5.09. The molecule has 0 radical (unpaired) electrons. The standard InChI is InChI=1S/C19H28N2O3.ClH/c1-2-23-11-12-24-18-6-4-3-5-17(18)19(22)21-9-7-15-13-20-14-16(15)8-10-21;/h3-6,15-16,20H,2,7-14H2,1H3;1H/t15-,16+;. The normalized spacial score (nSPS) is 22.7. The van der Waals surface area contributed by atoms with Crippen LogP contribution in [-0.4, -0.2) is 56.8 Å². The number of hydrogen-bond acceptors (Lipinski definition) is 4. The molecule has 0 bridgehead atoms. The first-order valence-electron chi connectivity index (χ1n) is 9.09. The quantitative estimate of drug-likeness (QED) is 0.784. The van der Waals surface area contributed by atoms with Gasteiger partial charge in [-0.05, 0) is 56.8 Å². The van der Waals surface area contributed by atoms with Crippen LogP contribution in [0.3, 0.4) is 0 Å². The number of para-hydroxylation sites is 1. The van der Waals surface area contributed by atoms with Crippen LogP contribution in [0.25, 0.3) is 0 Å². The van der Waals surface area contributed by atoms with E-state index in [0.717, 1.165) is 50.9 Å². The summed E-state index contributed by atoms with van der Waals surface area (Å²) in [7, 11) is 0. The molecule has 6 heteroatoms. The first-order valence-corrected chi connectivity index (χ1v) is 9.09. The molecule has 1 amide bonds. The average Bonchev–Trinajstić information content (AvgIpc) is 2.97. The van der Waals surface area contributed by atoms with E-state index in [0.29, 0.717) is 31.1 Å². The van der Waals surface area contributed by atoms with Crippen molar-refractivity contribution in [1.82, 2.24) is 10.2 Å². The number of hydrogen-bond donors (Lipinski definition) is 1. The minimum atomic E-state index is 0. The summed E-state index contributed by atoms with van der Waals surface area (Å²) in [6, 6.07) is 7.55. The number of nitrogens with one attached hydrogen (secondary N) is 1. The summed E-state index contributed by atoms with van der Waals surface area (Å²) in [4.78, 5) is 15.0. The van der Waals surface area contributed by atoms with Crippen molar-refractivity contribution >= 4 is 18.3 Å². The summed E-state index contributed by atoms with van der Waals surface area (Å²) < 4.78 is 11.1. The summed E-state index contributed by atoms with van der Waals surface area (Å²) in [6.45, 7) is 7.53. The molecule has 0 spiro atoms. The van der Waals surface area contributed by atoms with Gasteiger partial charge < -0.3 is 19.7 Å². The Bertz CT molecular complexity index is 541. The van der Waals surface area contributed by atoms with Crippen LogP contribution in [0.15, 0.2) is 24.3 Å². The van der Waals surface area contributed by atoms with E-state index in [1.165, 1.54) is 0 Å². The Morgan fingerprint density at radius 2 is 1.84 bits per heavy atom. The van der Waals surface area contributed by atoms with Crippen molar-refractivity contribution in [2.24, 2.45) is 11.8 Å². The molecule has 2 aliphatic heterocycles. The topological polar surface area (TPSA) is 50.8 Å². The molecule has 0 unspecified atom stereocenters. The van der Waals surface area contributed by atoms with Crippen molar-refractivity contribution in [3.8, 4) is 5.75 Å². The third-order valence-electron chi connectivity index (χ3n) is 5.11. The fourth-order valence-corrected chi connectivity index (χ4v) is 3.72. The van der Waals surface area contributed by atoms with E-state index in [9.17, 15) is 4.79 Å². The lowest BCUT2D eigenvalue weighted by molar-refractivity contribution is 0.0748. The van der Waals surface area contributed by atoms with Gasteiger partial charge in [0.1, 0.15) is 12.4 Å². The minimum absolute atomic E-state index is 0. The van der Waals surface area contributed by atoms with Gasteiger partial charge in [0.25, 0.3) is 5.91 Å². The molecule has 0 aromatic heterocycles. The fourth-order valence-electron chi connectivity index (χ4n) is 3.72. The second-order valence-corrected chi connectivity index (χ2v) is 6.59. The van der Waals surface area contributed by atoms with Gasteiger partial charge in [0, 0.05) is 19.7 Å². The maximum Gasteiger partial charge on any atom is 0.257 e. The van der Waals surface area contributed by atoms with Gasteiger partial charge in [-0.3, -0.25) is 4.79 Å². The SMILES string of the molecule is CCOCCOc1ccccc1C(=O)N1CC[C@@H]2CNC[C@@H]2CC1.Cl. The maximum atomic E-state index is 13.0. The molecule has 2 aliphatic rings. The van der Waals surface area contributed by atoms with Gasteiger partial charge in [-0.1, -0.05) is 12.1 Å². The van der Waals surface area contributed by atoms with E-state index in [1.807, 2.05) is 36.1 Å². The van der Waals surface area contributed by atoms with Crippen molar-refractivity contribution in [2.45, 2.75) is 19.8 Å². The number of ether oxygens (including phenoxy) is 2. The number of carbonyl (C=O) groups excluding carboxylic acids is 1. The highest BCUT2D eigenvalue weighted by Gasteiger charge is 2.32. The Balaban J connectivity index is 0.00000225. The van der Waals surface area contributed by atoms with Crippen LogP contribution < -0.4 is 10.1 Å². The smallest absolute Gasteiger partial charge is 0.257 e. The van der Waals surface area contributed by atoms with Gasteiger partial charge in [-0.2, -0.15) is 0 Å². The second-order valence-electron chi connectivity index (χ2n) is 6.59. The number of likely N-dealkylation sites (tertiary alicyclic amines) is 1. The summed E-state index contributed by atoms with van der Waals surface area (Å²) >= 11 is 0. The molecule has 1 aromatic rings. The van der Waals surface area contributed by atoms with Crippen LogP contribution in [0.4, 0.5) is 0 Å². The zero-order valence-corrected chi connectivity index (χ0v) is 15.7. The number of carbonyl (C=O) groups is 1. The Labute approximate surface area is 156 Å². The number of fused-ring (bicyclic) bond motifs is 1. The van der Waals surface area contributed by atoms with Gasteiger partial charge in [0.15, 0.2) is 0 Å². The lowest BCUT2D eigenvalue weighted by Crippen LogP contribution is -2.33. The molecule has 2 saturated heterocycles. The second kappa shape index (κ2) is 10.00. The molecule has 2 fully saturated rings. The van der Waals surface area contributed by atoms with Gasteiger partial charge in [0.2, 0.25) is 0 Å². The molecule has 140 valence electrons. The van der Waals surface area contributed by atoms with E-state index in [2.05, 4.69) is 5.32 Å². The van der Waals surface area contributed by atoms with Crippen molar-refractivity contribution in [1.29, 1.82) is 0 Å². The molecule has 2 heterocycles. The zero-order valence-electron chi connectivity index (χ0n) is 14.9. The minimum Gasteiger partial charge on any atom is -0.490 e. The van der Waals surface area contributed by atoms with Crippen molar-refractivity contribution in [3.05, 3.63) is 29.8 Å². The molecule has 25 heavy (non-hydrogen) atoms. The van der Waals surface area contributed by atoms with Gasteiger partial charge in [-0.25, -0.2) is 0 Å². The number of benzene rings is 1. The highest BCUT2D eigenvalue weighted by atomic mass is 35.5. The lowest BCUT2D eigenvalue weighted by Gasteiger charge is -2.22. The molecule has 1 aromatic carbocycles. The van der Waals surface area contributed by atoms with Gasteiger partial charge >= 0.3 is 0 Å². The third-order valence-corrected chi connectivity index (χ3v) is 5.11. The van der Waals surface area contributed by atoms with Crippen LogP contribution in [0.2, 0.25) is 0 Å². The zero-order chi connectivity index (χ0) is 16.8. The molecular weight excluding hydrogens is 340 g/mol. The summed E-state index contributed by atoms with van der Waals surface area (Å²) in [6.07, 6.45) is 2.19. The predicted octanol–water partition coefficient (Wildman–Crippen LogP) is 2.60. The Hall–Kier alpha value is -1.30. The highest BCUT2D eigenvalue weighted by Crippen LogP contribution is 2.28. The predicted molar refractivity (Wildman–Crippen MR) is 101 cm³/mol. The van der Waals surface area contributed by atoms with Crippen LogP contribution >= 0.6 is 12.4 Å². The molecule has 0 aliphatic carbocycles. The van der Waals surface area contributed by atoms with E-state index in [-0.39, 0.29) is 18.3 Å². The van der Waals surface area contributed by atoms with Crippen molar-refractivity contribution in [3.63, 3.8) is 0 Å². The fraction of sp³-hybridized carbons (Fsp3) is 0.632. The molecule has 2 atom stereocenters. The molecule has 3 rings (SSSR count). The number of amides is 1. The Morgan fingerprint density at radius 3 is 2.52 bits per heavy atom. The Kier molecular flexibility index (Phi) is 8.00. The first-order chi connectivity index (χ1) is 11.8. The number of halogens is 1. The van der Waals surface area contributed by atoms with E-state index >= 15 is 0 Å². The van der Waals surface area contributed by atoms with Crippen molar-refractivity contribution < 1.29 is 14.3 Å². The first kappa shape index (κ1) is 20.0. The lowest BCUT2D eigenvalue weighted by atomic mass is 9.92. The van der Waals surface area contributed by atoms with Crippen LogP contribution in [0.1, 0.15) is 30.1 Å². The highest BCUT2D eigenvalue weighted by molar-refractivity contribution is 5.97. The largest absolute Gasteiger partial charge is 0.490 e. The summed E-state index contributed by atoms with van der Waals surface area (Å²) in [5, 5.41) is 3.48. The van der Waals surface area contributed by atoms with Crippen LogP contribution in [0.5, 0.6) is 5.75 Å². The van der Waals surface area contributed by atoms with Gasteiger partial charge in [0.05, 0.1) is 12.2 Å². The van der Waals surface area contributed by atoms with Crippen LogP contribution in [-0.2, 0) is 4.74 Å². The average molecular weight is 369 g/mol. The van der Waals surface area contributed by atoms with Gasteiger partial charge in [-0.15, -0.1) is 12.4 Å². The summed E-state index contributed by atoms with van der Waals surface area (Å²) in [5.74, 6) is 2.20. The maximum absolute atomic E-state index is 13.0. The molecule has 1 N–H and O–H groups in total. The number of rotatable bonds is 6. The number of nitrogens with zero attached hydrogens (tertiary/aromatic N) is 1. The molecule has 5 nitrogen and oxygen atoms in total. The van der Waals surface area contributed by atoms with E-state index in [1.54, 1.807) is 0 Å². The summed E-state index contributed by atoms with van der Waals surface area (Å²) in [5.41, 5.74) is 0.666. The molecule has 0 saturated carbocycles. The monoisotopic (exact) mass is 368 g/mol. The van der Waals surface area contributed by atoms with Crippen molar-refractivity contribution in [2.75, 3.05) is 46.0 Å². The van der Waals surface area contributed by atoms with E-state index < -0.39 is 0 Å².